The third-order valence-electron chi connectivity index (χ3n) is 5.14. The van der Waals surface area contributed by atoms with Crippen molar-refractivity contribution in [2.24, 2.45) is 0 Å². The largest absolute Gasteiger partial charge is 0.465 e. The number of aromatic amines is 1. The Hall–Kier alpha value is -2.01. The number of benzene rings is 1. The molecule has 2 aliphatic rings. The van der Waals surface area contributed by atoms with E-state index in [9.17, 15) is 4.79 Å². The Labute approximate surface area is 141 Å². The average Bonchev–Trinajstić information content (AvgIpc) is 3.00. The molecule has 24 heavy (non-hydrogen) atoms. The number of anilines is 1. The molecule has 0 amide bonds. The zero-order valence-corrected chi connectivity index (χ0v) is 14.1. The second-order valence-corrected chi connectivity index (χ2v) is 6.54. The van der Waals surface area contributed by atoms with Gasteiger partial charge in [0.1, 0.15) is 0 Å². The van der Waals surface area contributed by atoms with Crippen molar-refractivity contribution in [3.05, 3.63) is 29.5 Å². The number of H-pyrrole nitrogens is 1. The van der Waals surface area contributed by atoms with Gasteiger partial charge in [-0.15, -0.1) is 0 Å². The summed E-state index contributed by atoms with van der Waals surface area (Å²) in [5.74, 6) is -0.244. The number of ether oxygens (including phenoxy) is 2. The molecule has 1 aliphatic heterocycles. The molecule has 1 N–H and O–H groups in total. The van der Waals surface area contributed by atoms with Gasteiger partial charge in [-0.2, -0.15) is 0 Å². The summed E-state index contributed by atoms with van der Waals surface area (Å²) >= 11 is 0. The van der Waals surface area contributed by atoms with Crippen molar-refractivity contribution in [1.29, 1.82) is 0 Å². The molecule has 128 valence electrons. The van der Waals surface area contributed by atoms with Gasteiger partial charge >= 0.3 is 5.97 Å². The van der Waals surface area contributed by atoms with Crippen LogP contribution in [-0.4, -0.2) is 43.9 Å². The number of nitrogens with one attached hydrogen (secondary N) is 1. The van der Waals surface area contributed by atoms with E-state index < -0.39 is 0 Å². The molecule has 1 aromatic heterocycles. The highest BCUT2D eigenvalue weighted by Crippen LogP contribution is 2.38. The molecule has 5 heteroatoms. The molecule has 0 saturated carbocycles. The van der Waals surface area contributed by atoms with E-state index in [1.54, 1.807) is 0 Å². The summed E-state index contributed by atoms with van der Waals surface area (Å²) in [6, 6.07) is 6.57. The van der Waals surface area contributed by atoms with Gasteiger partial charge in [-0.05, 0) is 49.9 Å². The van der Waals surface area contributed by atoms with Crippen LogP contribution in [0.5, 0.6) is 0 Å². The van der Waals surface area contributed by atoms with E-state index in [0.717, 1.165) is 56.8 Å². The lowest BCUT2D eigenvalue weighted by Gasteiger charge is -2.29. The summed E-state index contributed by atoms with van der Waals surface area (Å²) in [5.41, 5.74) is 4.72. The van der Waals surface area contributed by atoms with E-state index in [1.165, 1.54) is 16.6 Å². The minimum Gasteiger partial charge on any atom is -0.465 e. The number of morpholine rings is 1. The Morgan fingerprint density at radius 3 is 3.00 bits per heavy atom. The standard InChI is InChI=1S/C19H24N2O3/c1-2-24-19(22)15-5-3-4-14-16-12-13(21-8-10-23-11-9-21)6-7-17(16)20-18(14)15/h6-7,12,15,20H,2-5,8-11H2,1H3. The van der Waals surface area contributed by atoms with Crippen LogP contribution in [0.1, 0.15) is 36.9 Å². The van der Waals surface area contributed by atoms with Crippen molar-refractivity contribution in [2.75, 3.05) is 37.8 Å². The molecule has 4 rings (SSSR count). The van der Waals surface area contributed by atoms with Gasteiger partial charge in [-0.1, -0.05) is 0 Å². The molecule has 2 heterocycles. The fraction of sp³-hybridized carbons (Fsp3) is 0.526. The summed E-state index contributed by atoms with van der Waals surface area (Å²) < 4.78 is 10.7. The Bertz CT molecular complexity index is 746. The maximum absolute atomic E-state index is 12.3. The second kappa shape index (κ2) is 6.48. The summed E-state index contributed by atoms with van der Waals surface area (Å²) in [4.78, 5) is 18.1. The van der Waals surface area contributed by atoms with Crippen molar-refractivity contribution < 1.29 is 14.3 Å². The lowest BCUT2D eigenvalue weighted by atomic mass is 9.87. The zero-order chi connectivity index (χ0) is 16.5. The molecule has 1 unspecified atom stereocenters. The number of carbonyl (C=O) groups excluding carboxylic acids is 1. The number of aryl methyl sites for hydroxylation is 1. The minimum atomic E-state index is -0.145. The fourth-order valence-electron chi connectivity index (χ4n) is 3.95. The van der Waals surface area contributed by atoms with Gasteiger partial charge in [0.2, 0.25) is 0 Å². The van der Waals surface area contributed by atoms with Crippen molar-refractivity contribution in [3.63, 3.8) is 0 Å². The summed E-state index contributed by atoms with van der Waals surface area (Å²) in [5, 5.41) is 1.25. The maximum atomic E-state index is 12.3. The fourth-order valence-corrected chi connectivity index (χ4v) is 3.95. The van der Waals surface area contributed by atoms with Gasteiger partial charge < -0.3 is 19.4 Å². The number of nitrogens with zero attached hydrogens (tertiary/aromatic N) is 1. The normalized spacial score (nSPS) is 20.9. The number of hydrogen-bond donors (Lipinski definition) is 1. The molecule has 1 aromatic carbocycles. The second-order valence-electron chi connectivity index (χ2n) is 6.54. The lowest BCUT2D eigenvalue weighted by Crippen LogP contribution is -2.36. The number of esters is 1. The minimum absolute atomic E-state index is 0.0987. The van der Waals surface area contributed by atoms with Gasteiger partial charge in [-0.3, -0.25) is 4.79 Å². The molecular formula is C19H24N2O3. The van der Waals surface area contributed by atoms with Crippen LogP contribution in [0.3, 0.4) is 0 Å². The third-order valence-corrected chi connectivity index (χ3v) is 5.14. The first kappa shape index (κ1) is 15.5. The lowest BCUT2D eigenvalue weighted by molar-refractivity contribution is -0.145. The zero-order valence-electron chi connectivity index (χ0n) is 14.1. The van der Waals surface area contributed by atoms with E-state index in [-0.39, 0.29) is 11.9 Å². The van der Waals surface area contributed by atoms with E-state index in [4.69, 9.17) is 9.47 Å². The number of rotatable bonds is 3. The van der Waals surface area contributed by atoms with Gasteiger partial charge in [0.25, 0.3) is 0 Å². The Balaban J connectivity index is 1.71. The third kappa shape index (κ3) is 2.67. The average molecular weight is 328 g/mol. The topological polar surface area (TPSA) is 54.6 Å². The number of hydrogen-bond acceptors (Lipinski definition) is 4. The molecule has 1 fully saturated rings. The predicted molar refractivity (Wildman–Crippen MR) is 93.6 cm³/mol. The first-order valence-corrected chi connectivity index (χ1v) is 8.91. The van der Waals surface area contributed by atoms with Gasteiger partial charge in [0.05, 0.1) is 25.7 Å². The highest BCUT2D eigenvalue weighted by atomic mass is 16.5. The molecule has 2 aromatic rings. The van der Waals surface area contributed by atoms with Crippen molar-refractivity contribution in [1.82, 2.24) is 4.98 Å². The molecular weight excluding hydrogens is 304 g/mol. The van der Waals surface area contributed by atoms with E-state index in [2.05, 4.69) is 28.1 Å². The van der Waals surface area contributed by atoms with Crippen LogP contribution < -0.4 is 4.90 Å². The molecule has 0 bridgehead atoms. The van der Waals surface area contributed by atoms with E-state index >= 15 is 0 Å². The SMILES string of the molecule is CCOC(=O)C1CCCc2c1[nH]c1ccc(N3CCOCC3)cc21. The highest BCUT2D eigenvalue weighted by molar-refractivity contribution is 5.91. The first-order chi connectivity index (χ1) is 11.8. The van der Waals surface area contributed by atoms with Crippen LogP contribution >= 0.6 is 0 Å². The van der Waals surface area contributed by atoms with Crippen molar-refractivity contribution in [2.45, 2.75) is 32.1 Å². The quantitative estimate of drug-likeness (QED) is 0.880. The smallest absolute Gasteiger partial charge is 0.314 e. The van der Waals surface area contributed by atoms with Crippen LogP contribution in [0.15, 0.2) is 18.2 Å². The van der Waals surface area contributed by atoms with Crippen LogP contribution in [0, 0.1) is 0 Å². The molecule has 0 radical (unpaired) electrons. The molecule has 0 spiro atoms. The molecule has 1 atom stereocenters. The van der Waals surface area contributed by atoms with Crippen molar-refractivity contribution in [3.8, 4) is 0 Å². The van der Waals surface area contributed by atoms with Gasteiger partial charge in [0.15, 0.2) is 0 Å². The first-order valence-electron chi connectivity index (χ1n) is 8.91. The van der Waals surface area contributed by atoms with Gasteiger partial charge in [0, 0.05) is 35.4 Å². The Morgan fingerprint density at radius 2 is 2.21 bits per heavy atom. The van der Waals surface area contributed by atoms with Crippen LogP contribution in [0.4, 0.5) is 5.69 Å². The summed E-state index contributed by atoms with van der Waals surface area (Å²) in [6.07, 6.45) is 2.93. The number of carbonyl (C=O) groups is 1. The van der Waals surface area contributed by atoms with E-state index in [1.807, 2.05) is 6.92 Å². The summed E-state index contributed by atoms with van der Waals surface area (Å²) in [6.45, 7) is 5.74. The highest BCUT2D eigenvalue weighted by Gasteiger charge is 2.30. The Kier molecular flexibility index (Phi) is 4.19. The van der Waals surface area contributed by atoms with Crippen LogP contribution in [0.2, 0.25) is 0 Å². The van der Waals surface area contributed by atoms with Gasteiger partial charge in [-0.25, -0.2) is 0 Å². The monoisotopic (exact) mass is 328 g/mol. The predicted octanol–water partition coefficient (Wildman–Crippen LogP) is 2.99. The summed E-state index contributed by atoms with van der Waals surface area (Å²) in [7, 11) is 0. The van der Waals surface area contributed by atoms with Crippen LogP contribution in [-0.2, 0) is 20.7 Å². The molecule has 1 saturated heterocycles. The number of fused-ring (bicyclic) bond motifs is 3. The van der Waals surface area contributed by atoms with E-state index in [0.29, 0.717) is 6.61 Å². The molecule has 1 aliphatic carbocycles. The molecule has 5 nitrogen and oxygen atoms in total. The number of aromatic nitrogens is 1. The van der Waals surface area contributed by atoms with Crippen molar-refractivity contribution >= 4 is 22.6 Å². The maximum Gasteiger partial charge on any atom is 0.314 e. The van der Waals surface area contributed by atoms with Crippen LogP contribution in [0.25, 0.3) is 10.9 Å². The Morgan fingerprint density at radius 1 is 1.38 bits per heavy atom.